The fourth-order valence-electron chi connectivity index (χ4n) is 2.86. The summed E-state index contributed by atoms with van der Waals surface area (Å²) in [7, 11) is 4.93. The van der Waals surface area contributed by atoms with Crippen molar-refractivity contribution in [1.29, 1.82) is 0 Å². The van der Waals surface area contributed by atoms with Crippen molar-refractivity contribution < 1.29 is 14.0 Å². The summed E-state index contributed by atoms with van der Waals surface area (Å²) in [5.41, 5.74) is 4.89. The number of aryl methyl sites for hydroxylation is 3. The Morgan fingerprint density at radius 2 is 1.60 bits per heavy atom. The van der Waals surface area contributed by atoms with Crippen LogP contribution in [0.5, 0.6) is 0 Å². The average Bonchev–Trinajstić information content (AvgIpc) is 2.98. The molecule has 2 amide bonds. The summed E-state index contributed by atoms with van der Waals surface area (Å²) in [5, 5.41) is 0. The van der Waals surface area contributed by atoms with E-state index in [1.54, 1.807) is 27.2 Å². The van der Waals surface area contributed by atoms with Gasteiger partial charge >= 0.3 is 0 Å². The third-order valence-corrected chi connectivity index (χ3v) is 4.28. The summed E-state index contributed by atoms with van der Waals surface area (Å²) < 4.78 is 5.74. The van der Waals surface area contributed by atoms with Crippen molar-refractivity contribution in [2.75, 3.05) is 27.7 Å². The van der Waals surface area contributed by atoms with Gasteiger partial charge in [-0.25, -0.2) is 0 Å². The van der Waals surface area contributed by atoms with E-state index in [0.29, 0.717) is 6.42 Å². The first kappa shape index (κ1) is 18.8. The van der Waals surface area contributed by atoms with Gasteiger partial charge in [0.1, 0.15) is 5.76 Å². The van der Waals surface area contributed by atoms with Crippen LogP contribution in [0.4, 0.5) is 0 Å². The van der Waals surface area contributed by atoms with Gasteiger partial charge < -0.3 is 14.2 Å². The summed E-state index contributed by atoms with van der Waals surface area (Å²) in [4.78, 5) is 27.0. The molecule has 0 saturated carbocycles. The number of rotatable bonds is 5. The SMILES string of the molecule is Cc1cc(C)c(Cc2ccc(C(=O)N(C)CC(=O)N(C)C)o2)c(C)c1. The molecule has 5 nitrogen and oxygen atoms in total. The molecule has 1 heterocycles. The number of carbonyl (C=O) groups excluding carboxylic acids is 2. The Hall–Kier alpha value is -2.56. The Bertz CT molecular complexity index is 767. The van der Waals surface area contributed by atoms with Crippen molar-refractivity contribution in [2.24, 2.45) is 0 Å². The number of likely N-dealkylation sites (N-methyl/N-ethyl adjacent to an activating group) is 2. The van der Waals surface area contributed by atoms with E-state index in [1.807, 2.05) is 6.07 Å². The minimum Gasteiger partial charge on any atom is -0.456 e. The fourth-order valence-corrected chi connectivity index (χ4v) is 2.86. The summed E-state index contributed by atoms with van der Waals surface area (Å²) in [5.74, 6) is 0.574. The van der Waals surface area contributed by atoms with E-state index in [4.69, 9.17) is 4.42 Å². The van der Waals surface area contributed by atoms with Gasteiger partial charge in [0.2, 0.25) is 5.91 Å². The highest BCUT2D eigenvalue weighted by molar-refractivity contribution is 5.94. The fraction of sp³-hybridized carbons (Fsp3) is 0.400. The van der Waals surface area contributed by atoms with E-state index in [-0.39, 0.29) is 24.1 Å². The molecular weight excluding hydrogens is 316 g/mol. The second-order valence-corrected chi connectivity index (χ2v) is 6.77. The summed E-state index contributed by atoms with van der Waals surface area (Å²) in [6, 6.07) is 7.80. The van der Waals surface area contributed by atoms with Gasteiger partial charge in [0.05, 0.1) is 6.54 Å². The molecule has 0 radical (unpaired) electrons. The molecule has 5 heteroatoms. The lowest BCUT2D eigenvalue weighted by Crippen LogP contribution is -2.37. The maximum Gasteiger partial charge on any atom is 0.289 e. The number of carbonyl (C=O) groups is 2. The lowest BCUT2D eigenvalue weighted by Gasteiger charge is -2.18. The van der Waals surface area contributed by atoms with Gasteiger partial charge in [0.25, 0.3) is 5.91 Å². The van der Waals surface area contributed by atoms with E-state index in [2.05, 4.69) is 32.9 Å². The smallest absolute Gasteiger partial charge is 0.289 e. The first-order valence-electron chi connectivity index (χ1n) is 8.30. The highest BCUT2D eigenvalue weighted by Gasteiger charge is 2.19. The molecule has 0 spiro atoms. The van der Waals surface area contributed by atoms with E-state index < -0.39 is 0 Å². The Balaban J connectivity index is 2.12. The molecule has 0 aliphatic heterocycles. The van der Waals surface area contributed by atoms with Gasteiger partial charge in [-0.3, -0.25) is 9.59 Å². The number of amides is 2. The third-order valence-electron chi connectivity index (χ3n) is 4.28. The third kappa shape index (κ3) is 4.50. The van der Waals surface area contributed by atoms with Crippen molar-refractivity contribution in [2.45, 2.75) is 27.2 Å². The zero-order valence-electron chi connectivity index (χ0n) is 15.8. The van der Waals surface area contributed by atoms with Crippen LogP contribution >= 0.6 is 0 Å². The van der Waals surface area contributed by atoms with Crippen LogP contribution in [0.1, 0.15) is 38.6 Å². The van der Waals surface area contributed by atoms with Gasteiger partial charge in [-0.15, -0.1) is 0 Å². The highest BCUT2D eigenvalue weighted by atomic mass is 16.4. The van der Waals surface area contributed by atoms with Gasteiger partial charge in [-0.1, -0.05) is 17.7 Å². The standard InChI is InChI=1S/C20H26N2O3/c1-13-9-14(2)17(15(3)10-13)11-16-7-8-18(25-16)20(24)22(6)12-19(23)21(4)5/h7-10H,11-12H2,1-6H3. The van der Waals surface area contributed by atoms with Crippen LogP contribution in [0.3, 0.4) is 0 Å². The summed E-state index contributed by atoms with van der Waals surface area (Å²) in [6.07, 6.45) is 0.644. The van der Waals surface area contributed by atoms with Crippen molar-refractivity contribution in [3.63, 3.8) is 0 Å². The maximum absolute atomic E-state index is 12.4. The number of furan rings is 1. The molecule has 0 saturated heterocycles. The Labute approximate surface area is 149 Å². The lowest BCUT2D eigenvalue weighted by molar-refractivity contribution is -0.129. The van der Waals surface area contributed by atoms with Crippen LogP contribution < -0.4 is 0 Å². The molecule has 2 rings (SSSR count). The molecule has 2 aromatic rings. The van der Waals surface area contributed by atoms with Crippen molar-refractivity contribution >= 4 is 11.8 Å². The first-order chi connectivity index (χ1) is 11.7. The Morgan fingerprint density at radius 3 is 2.16 bits per heavy atom. The molecular formula is C20H26N2O3. The van der Waals surface area contributed by atoms with Crippen LogP contribution in [-0.2, 0) is 11.2 Å². The summed E-state index contributed by atoms with van der Waals surface area (Å²) in [6.45, 7) is 6.28. The second-order valence-electron chi connectivity index (χ2n) is 6.77. The number of hydrogen-bond donors (Lipinski definition) is 0. The predicted octanol–water partition coefficient (Wildman–Crippen LogP) is 2.96. The van der Waals surface area contributed by atoms with Crippen LogP contribution in [0.2, 0.25) is 0 Å². The van der Waals surface area contributed by atoms with Gasteiger partial charge in [-0.05, 0) is 49.6 Å². The maximum atomic E-state index is 12.4. The topological polar surface area (TPSA) is 53.8 Å². The molecule has 134 valence electrons. The second kappa shape index (κ2) is 7.55. The molecule has 0 fully saturated rings. The highest BCUT2D eigenvalue weighted by Crippen LogP contribution is 2.21. The molecule has 25 heavy (non-hydrogen) atoms. The van der Waals surface area contributed by atoms with Crippen molar-refractivity contribution in [3.8, 4) is 0 Å². The molecule has 0 aliphatic carbocycles. The van der Waals surface area contributed by atoms with E-state index >= 15 is 0 Å². The average molecular weight is 342 g/mol. The largest absolute Gasteiger partial charge is 0.456 e. The van der Waals surface area contributed by atoms with Crippen LogP contribution in [0.15, 0.2) is 28.7 Å². The van der Waals surface area contributed by atoms with Crippen LogP contribution in [0.25, 0.3) is 0 Å². The molecule has 0 N–H and O–H groups in total. The Kier molecular flexibility index (Phi) is 5.67. The molecule has 0 atom stereocenters. The molecule has 1 aromatic carbocycles. The Morgan fingerprint density at radius 1 is 1.00 bits per heavy atom. The van der Waals surface area contributed by atoms with E-state index in [1.165, 1.54) is 32.1 Å². The predicted molar refractivity (Wildman–Crippen MR) is 97.8 cm³/mol. The van der Waals surface area contributed by atoms with Crippen LogP contribution in [0, 0.1) is 20.8 Å². The minimum absolute atomic E-state index is 0.0258. The minimum atomic E-state index is -0.293. The quantitative estimate of drug-likeness (QED) is 0.839. The van der Waals surface area contributed by atoms with Crippen molar-refractivity contribution in [1.82, 2.24) is 9.80 Å². The normalized spacial score (nSPS) is 10.6. The first-order valence-corrected chi connectivity index (χ1v) is 8.30. The zero-order valence-corrected chi connectivity index (χ0v) is 15.8. The zero-order chi connectivity index (χ0) is 18.7. The van der Waals surface area contributed by atoms with Crippen LogP contribution in [-0.4, -0.2) is 49.3 Å². The molecule has 0 unspecified atom stereocenters. The number of benzene rings is 1. The van der Waals surface area contributed by atoms with Gasteiger partial charge in [0, 0.05) is 27.6 Å². The molecule has 0 aliphatic rings. The van der Waals surface area contributed by atoms with Gasteiger partial charge in [0.15, 0.2) is 5.76 Å². The molecule has 0 bridgehead atoms. The monoisotopic (exact) mass is 342 g/mol. The van der Waals surface area contributed by atoms with E-state index in [0.717, 1.165) is 5.76 Å². The lowest BCUT2D eigenvalue weighted by atomic mass is 9.97. The van der Waals surface area contributed by atoms with Gasteiger partial charge in [-0.2, -0.15) is 0 Å². The van der Waals surface area contributed by atoms with E-state index in [9.17, 15) is 9.59 Å². The van der Waals surface area contributed by atoms with Crippen molar-refractivity contribution in [3.05, 3.63) is 58.0 Å². The summed E-state index contributed by atoms with van der Waals surface area (Å²) >= 11 is 0. The number of nitrogens with zero attached hydrogens (tertiary/aromatic N) is 2. The molecule has 1 aromatic heterocycles. The number of hydrogen-bond acceptors (Lipinski definition) is 3.